The van der Waals surface area contributed by atoms with Gasteiger partial charge in [0.25, 0.3) is 0 Å². The van der Waals surface area contributed by atoms with Crippen LogP contribution >= 0.6 is 0 Å². The third-order valence-corrected chi connectivity index (χ3v) is 3.33. The molecule has 1 aromatic rings. The molecular formula is C17H18O3. The van der Waals surface area contributed by atoms with Crippen molar-refractivity contribution in [3.63, 3.8) is 0 Å². The Morgan fingerprint density at radius 2 is 1.95 bits per heavy atom. The minimum Gasteiger partial charge on any atom is -0.431 e. The smallest absolute Gasteiger partial charge is 0.307 e. The van der Waals surface area contributed by atoms with Crippen LogP contribution < -0.4 is 0 Å². The van der Waals surface area contributed by atoms with E-state index in [1.807, 2.05) is 36.4 Å². The molecule has 0 atom stereocenters. The molecule has 0 saturated heterocycles. The highest BCUT2D eigenvalue weighted by atomic mass is 16.5. The highest BCUT2D eigenvalue weighted by Crippen LogP contribution is 2.26. The highest BCUT2D eigenvalue weighted by Gasteiger charge is 2.23. The monoisotopic (exact) mass is 270 g/mol. The molecule has 20 heavy (non-hydrogen) atoms. The Labute approximate surface area is 118 Å². The molecule has 0 radical (unpaired) electrons. The lowest BCUT2D eigenvalue weighted by Crippen LogP contribution is -2.08. The summed E-state index contributed by atoms with van der Waals surface area (Å²) in [7, 11) is 0. The normalized spacial score (nSPS) is 16.9. The summed E-state index contributed by atoms with van der Waals surface area (Å²) in [5.74, 6) is 0.131. The van der Waals surface area contributed by atoms with Crippen LogP contribution in [0.1, 0.15) is 32.3 Å². The number of ether oxygens (including phenoxy) is 1. The number of hydrogen-bond acceptors (Lipinski definition) is 3. The van der Waals surface area contributed by atoms with E-state index >= 15 is 0 Å². The van der Waals surface area contributed by atoms with E-state index in [4.69, 9.17) is 4.74 Å². The van der Waals surface area contributed by atoms with E-state index in [0.29, 0.717) is 24.2 Å². The Hall–Kier alpha value is -2.16. The largest absolute Gasteiger partial charge is 0.431 e. The van der Waals surface area contributed by atoms with Gasteiger partial charge in [0, 0.05) is 18.9 Å². The number of ketones is 1. The Kier molecular flexibility index (Phi) is 4.51. The van der Waals surface area contributed by atoms with Crippen LogP contribution in [0, 0.1) is 0 Å². The molecule has 3 nitrogen and oxygen atoms in total. The van der Waals surface area contributed by atoms with E-state index in [9.17, 15) is 9.59 Å². The second kappa shape index (κ2) is 6.33. The molecular weight excluding hydrogens is 252 g/mol. The van der Waals surface area contributed by atoms with Crippen molar-refractivity contribution >= 4 is 11.8 Å². The van der Waals surface area contributed by atoms with Crippen molar-refractivity contribution < 1.29 is 14.3 Å². The lowest BCUT2D eigenvalue weighted by Gasteiger charge is -2.10. The van der Waals surface area contributed by atoms with Crippen molar-refractivity contribution in [1.29, 1.82) is 0 Å². The number of carbonyl (C=O) groups excluding carboxylic acids is 2. The van der Waals surface area contributed by atoms with Gasteiger partial charge in [-0.2, -0.15) is 0 Å². The van der Waals surface area contributed by atoms with E-state index in [0.717, 1.165) is 17.6 Å². The first kappa shape index (κ1) is 14.3. The predicted octanol–water partition coefficient (Wildman–Crippen LogP) is 3.36. The maximum atomic E-state index is 12.0. The molecule has 1 aliphatic carbocycles. The molecule has 0 spiro atoms. The number of carbonyl (C=O) groups is 2. The van der Waals surface area contributed by atoms with Gasteiger partial charge in [0.15, 0.2) is 5.78 Å². The van der Waals surface area contributed by atoms with E-state index in [1.165, 1.54) is 6.92 Å². The molecule has 0 heterocycles. The predicted molar refractivity (Wildman–Crippen MR) is 76.9 cm³/mol. The molecule has 104 valence electrons. The summed E-state index contributed by atoms with van der Waals surface area (Å²) in [6, 6.07) is 9.95. The molecule has 0 aromatic heterocycles. The molecule has 2 rings (SSSR count). The van der Waals surface area contributed by atoms with Gasteiger partial charge < -0.3 is 4.74 Å². The van der Waals surface area contributed by atoms with Crippen LogP contribution in [-0.4, -0.2) is 11.8 Å². The summed E-state index contributed by atoms with van der Waals surface area (Å²) in [5, 5.41) is 0. The van der Waals surface area contributed by atoms with Crippen LogP contribution in [0.4, 0.5) is 0 Å². The SMILES string of the molecule is CC(=O)O/C(CCc1ccccc1)=C1/CC=C(C)C1=O. The lowest BCUT2D eigenvalue weighted by atomic mass is 10.0. The van der Waals surface area contributed by atoms with Gasteiger partial charge in [-0.3, -0.25) is 9.59 Å². The molecule has 0 aliphatic heterocycles. The second-order valence-electron chi connectivity index (χ2n) is 4.90. The lowest BCUT2D eigenvalue weighted by molar-refractivity contribution is -0.137. The maximum absolute atomic E-state index is 12.0. The molecule has 0 saturated carbocycles. The van der Waals surface area contributed by atoms with Crippen LogP contribution in [-0.2, 0) is 20.7 Å². The van der Waals surface area contributed by atoms with E-state index < -0.39 is 0 Å². The standard InChI is InChI=1S/C17H18O3/c1-12-8-10-15(17(12)19)16(20-13(2)18)11-9-14-6-4-3-5-7-14/h3-8H,9-11H2,1-2H3/b16-15-. The Balaban J connectivity index is 2.15. The first-order valence-electron chi connectivity index (χ1n) is 6.73. The summed E-state index contributed by atoms with van der Waals surface area (Å²) in [6.45, 7) is 3.15. The zero-order valence-corrected chi connectivity index (χ0v) is 11.8. The summed E-state index contributed by atoms with van der Waals surface area (Å²) in [6.07, 6.45) is 3.75. The molecule has 3 heteroatoms. The quantitative estimate of drug-likeness (QED) is 0.478. The van der Waals surface area contributed by atoms with Crippen LogP contribution in [0.25, 0.3) is 0 Å². The maximum Gasteiger partial charge on any atom is 0.307 e. The zero-order valence-electron chi connectivity index (χ0n) is 11.8. The Morgan fingerprint density at radius 1 is 1.25 bits per heavy atom. The van der Waals surface area contributed by atoms with Gasteiger partial charge in [0.05, 0.1) is 0 Å². The Bertz CT molecular complexity index is 580. The molecule has 1 aliphatic rings. The number of rotatable bonds is 4. The van der Waals surface area contributed by atoms with Crippen molar-refractivity contribution in [3.8, 4) is 0 Å². The van der Waals surface area contributed by atoms with E-state index in [1.54, 1.807) is 6.92 Å². The van der Waals surface area contributed by atoms with Gasteiger partial charge in [0.1, 0.15) is 5.76 Å². The number of aryl methyl sites for hydroxylation is 1. The van der Waals surface area contributed by atoms with Crippen molar-refractivity contribution in [2.24, 2.45) is 0 Å². The first-order chi connectivity index (χ1) is 9.58. The van der Waals surface area contributed by atoms with Gasteiger partial charge in [0.2, 0.25) is 0 Å². The van der Waals surface area contributed by atoms with Gasteiger partial charge in [-0.05, 0) is 30.9 Å². The van der Waals surface area contributed by atoms with Crippen molar-refractivity contribution in [2.75, 3.05) is 0 Å². The summed E-state index contributed by atoms with van der Waals surface area (Å²) < 4.78 is 5.26. The topological polar surface area (TPSA) is 43.4 Å². The van der Waals surface area contributed by atoms with Crippen molar-refractivity contribution in [3.05, 3.63) is 58.9 Å². The third kappa shape index (κ3) is 3.44. The van der Waals surface area contributed by atoms with Gasteiger partial charge in [-0.1, -0.05) is 36.4 Å². The summed E-state index contributed by atoms with van der Waals surface area (Å²) in [4.78, 5) is 23.2. The van der Waals surface area contributed by atoms with Crippen LogP contribution in [0.15, 0.2) is 53.3 Å². The van der Waals surface area contributed by atoms with Crippen LogP contribution in [0.3, 0.4) is 0 Å². The zero-order chi connectivity index (χ0) is 14.5. The number of allylic oxidation sites excluding steroid dienone is 4. The number of Topliss-reactive ketones (excluding diaryl/α,β-unsaturated/α-hetero) is 1. The molecule has 0 bridgehead atoms. The van der Waals surface area contributed by atoms with Gasteiger partial charge >= 0.3 is 5.97 Å². The molecule has 0 fully saturated rings. The number of hydrogen-bond donors (Lipinski definition) is 0. The molecule has 0 N–H and O–H groups in total. The Morgan fingerprint density at radius 3 is 2.50 bits per heavy atom. The highest BCUT2D eigenvalue weighted by molar-refractivity contribution is 6.10. The van der Waals surface area contributed by atoms with Crippen LogP contribution in [0.5, 0.6) is 0 Å². The second-order valence-corrected chi connectivity index (χ2v) is 4.90. The molecule has 1 aromatic carbocycles. The molecule has 0 amide bonds. The number of benzene rings is 1. The average Bonchev–Trinajstić information content (AvgIpc) is 2.76. The van der Waals surface area contributed by atoms with Gasteiger partial charge in [-0.15, -0.1) is 0 Å². The summed E-state index contributed by atoms with van der Waals surface area (Å²) >= 11 is 0. The summed E-state index contributed by atoms with van der Waals surface area (Å²) in [5.41, 5.74) is 2.51. The van der Waals surface area contributed by atoms with E-state index in [2.05, 4.69) is 0 Å². The fourth-order valence-electron chi connectivity index (χ4n) is 2.26. The minimum atomic E-state index is -0.377. The van der Waals surface area contributed by atoms with Crippen molar-refractivity contribution in [1.82, 2.24) is 0 Å². The van der Waals surface area contributed by atoms with Crippen LogP contribution in [0.2, 0.25) is 0 Å². The first-order valence-corrected chi connectivity index (χ1v) is 6.73. The van der Waals surface area contributed by atoms with E-state index in [-0.39, 0.29) is 11.8 Å². The fourth-order valence-corrected chi connectivity index (χ4v) is 2.26. The minimum absolute atomic E-state index is 0.00527. The van der Waals surface area contributed by atoms with Gasteiger partial charge in [-0.25, -0.2) is 0 Å². The van der Waals surface area contributed by atoms with Crippen molar-refractivity contribution in [2.45, 2.75) is 33.1 Å². The molecule has 0 unspecified atom stereocenters. The fraction of sp³-hybridized carbons (Fsp3) is 0.294. The third-order valence-electron chi connectivity index (χ3n) is 3.33. The number of esters is 1. The average molecular weight is 270 g/mol.